The molecule has 0 aliphatic rings. The molecule has 3 aromatic carbocycles. The molecule has 0 radical (unpaired) electrons. The maximum atomic E-state index is 13.2. The van der Waals surface area contributed by atoms with Crippen LogP contribution in [0, 0.1) is 5.82 Å². The van der Waals surface area contributed by atoms with E-state index >= 15 is 0 Å². The molecule has 11 heteroatoms. The molecule has 4 aromatic rings. The van der Waals surface area contributed by atoms with E-state index in [-0.39, 0.29) is 36.8 Å². The van der Waals surface area contributed by atoms with E-state index in [1.807, 2.05) is 0 Å². The lowest BCUT2D eigenvalue weighted by Crippen LogP contribution is -2.17. The fraction of sp³-hybridized carbons (Fsp3) is 0.160. The van der Waals surface area contributed by atoms with Gasteiger partial charge in [-0.1, -0.05) is 24.3 Å². The molecule has 1 aromatic heterocycles. The smallest absolute Gasteiger partial charge is 0.416 e. The number of benzene rings is 3. The van der Waals surface area contributed by atoms with Gasteiger partial charge in [0, 0.05) is 18.4 Å². The van der Waals surface area contributed by atoms with Gasteiger partial charge in [0.1, 0.15) is 19.0 Å². The number of hydrogen-bond acceptors (Lipinski definition) is 5. The Kier molecular flexibility index (Phi) is 7.30. The molecule has 1 heterocycles. The number of halogens is 4. The zero-order valence-corrected chi connectivity index (χ0v) is 18.9. The lowest BCUT2D eigenvalue weighted by Gasteiger charge is -2.09. The predicted octanol–water partition coefficient (Wildman–Crippen LogP) is 5.26. The van der Waals surface area contributed by atoms with E-state index in [1.54, 1.807) is 36.4 Å². The Hall–Kier alpha value is -4.25. The predicted molar refractivity (Wildman–Crippen MR) is 123 cm³/mol. The van der Waals surface area contributed by atoms with Gasteiger partial charge in [-0.3, -0.25) is 4.79 Å². The Labute approximate surface area is 203 Å². The molecule has 7 nitrogen and oxygen atoms in total. The second-order valence-electron chi connectivity index (χ2n) is 7.65. The molecule has 0 saturated heterocycles. The number of amides is 1. The highest BCUT2D eigenvalue weighted by Gasteiger charge is 2.30. The number of carbonyl (C=O) groups is 1. The average Bonchev–Trinajstić information content (AvgIpc) is 3.28. The lowest BCUT2D eigenvalue weighted by atomic mass is 10.1. The number of rotatable bonds is 8. The van der Waals surface area contributed by atoms with Crippen molar-refractivity contribution in [2.24, 2.45) is 0 Å². The second kappa shape index (κ2) is 10.6. The van der Waals surface area contributed by atoms with E-state index in [4.69, 9.17) is 9.47 Å². The van der Waals surface area contributed by atoms with Gasteiger partial charge in [0.05, 0.1) is 11.3 Å². The summed E-state index contributed by atoms with van der Waals surface area (Å²) in [6.45, 7) is -0.0428. The Morgan fingerprint density at radius 3 is 2.25 bits per heavy atom. The number of carbonyl (C=O) groups excluding carboxylic acids is 1. The molecule has 0 aliphatic carbocycles. The van der Waals surface area contributed by atoms with E-state index in [9.17, 15) is 22.4 Å². The summed E-state index contributed by atoms with van der Waals surface area (Å²) in [6, 6.07) is 16.8. The first-order chi connectivity index (χ1) is 17.2. The summed E-state index contributed by atoms with van der Waals surface area (Å²) in [5, 5.41) is 7.03. The van der Waals surface area contributed by atoms with Gasteiger partial charge in [0.15, 0.2) is 5.82 Å². The first kappa shape index (κ1) is 24.9. The van der Waals surface area contributed by atoms with Crippen LogP contribution >= 0.6 is 0 Å². The topological polar surface area (TPSA) is 78.3 Å². The van der Waals surface area contributed by atoms with Crippen LogP contribution in [0.5, 0.6) is 6.01 Å². The zero-order chi connectivity index (χ0) is 25.7. The Bertz CT molecular complexity index is 1320. The largest absolute Gasteiger partial charge is 0.457 e. The van der Waals surface area contributed by atoms with Gasteiger partial charge in [-0.2, -0.15) is 18.2 Å². The third kappa shape index (κ3) is 6.05. The number of aromatic nitrogens is 3. The monoisotopic (exact) mass is 500 g/mol. The van der Waals surface area contributed by atoms with Crippen LogP contribution in [0.4, 0.5) is 23.2 Å². The molecule has 0 spiro atoms. The van der Waals surface area contributed by atoms with E-state index in [1.165, 1.54) is 36.1 Å². The molecule has 0 saturated carbocycles. The van der Waals surface area contributed by atoms with Crippen molar-refractivity contribution in [2.45, 2.75) is 12.8 Å². The highest BCUT2D eigenvalue weighted by molar-refractivity contribution is 5.91. The Morgan fingerprint density at radius 1 is 0.972 bits per heavy atom. The summed E-state index contributed by atoms with van der Waals surface area (Å²) < 4.78 is 64.1. The molecular weight excluding hydrogens is 480 g/mol. The number of ether oxygens (including phenoxy) is 2. The SMILES string of the molecule is COCC(=O)Nc1ccc(-n2nc(OCc3ccc(F)cc3)nc2-c2ccc(C(F)(F)F)cc2)cc1. The average molecular weight is 500 g/mol. The van der Waals surface area contributed by atoms with E-state index < -0.39 is 11.7 Å². The van der Waals surface area contributed by atoms with Crippen LogP contribution in [0.3, 0.4) is 0 Å². The van der Waals surface area contributed by atoms with Crippen molar-refractivity contribution >= 4 is 11.6 Å². The molecule has 186 valence electrons. The molecule has 0 bridgehead atoms. The quantitative estimate of drug-likeness (QED) is 0.334. The summed E-state index contributed by atoms with van der Waals surface area (Å²) in [7, 11) is 1.41. The van der Waals surface area contributed by atoms with Crippen molar-refractivity contribution < 1.29 is 31.8 Å². The molecule has 0 aliphatic heterocycles. The van der Waals surface area contributed by atoms with Gasteiger partial charge in [0.2, 0.25) is 5.91 Å². The van der Waals surface area contributed by atoms with Gasteiger partial charge < -0.3 is 14.8 Å². The third-order valence-corrected chi connectivity index (χ3v) is 5.01. The highest BCUT2D eigenvalue weighted by atomic mass is 19.4. The number of nitrogens with one attached hydrogen (secondary N) is 1. The van der Waals surface area contributed by atoms with Crippen LogP contribution in [-0.2, 0) is 22.3 Å². The number of alkyl halides is 3. The zero-order valence-electron chi connectivity index (χ0n) is 18.9. The third-order valence-electron chi connectivity index (χ3n) is 5.01. The molecule has 36 heavy (non-hydrogen) atoms. The van der Waals surface area contributed by atoms with E-state index in [0.717, 1.165) is 12.1 Å². The molecule has 0 unspecified atom stereocenters. The summed E-state index contributed by atoms with van der Waals surface area (Å²) in [5.74, 6) is -0.463. The number of nitrogens with zero attached hydrogens (tertiary/aromatic N) is 3. The summed E-state index contributed by atoms with van der Waals surface area (Å²) in [4.78, 5) is 16.1. The minimum Gasteiger partial charge on any atom is -0.457 e. The molecule has 4 rings (SSSR count). The van der Waals surface area contributed by atoms with Gasteiger partial charge in [-0.25, -0.2) is 9.07 Å². The van der Waals surface area contributed by atoms with E-state index in [2.05, 4.69) is 15.4 Å². The Morgan fingerprint density at radius 2 is 1.64 bits per heavy atom. The second-order valence-corrected chi connectivity index (χ2v) is 7.65. The normalized spacial score (nSPS) is 11.4. The van der Waals surface area contributed by atoms with Gasteiger partial charge in [0.25, 0.3) is 0 Å². The number of methoxy groups -OCH3 is 1. The summed E-state index contributed by atoms with van der Waals surface area (Å²) >= 11 is 0. The minimum atomic E-state index is -4.47. The molecule has 0 fully saturated rings. The van der Waals surface area contributed by atoms with Gasteiger partial charge in [-0.15, -0.1) is 5.10 Å². The fourth-order valence-electron chi connectivity index (χ4n) is 3.27. The van der Waals surface area contributed by atoms with Gasteiger partial charge >= 0.3 is 12.2 Å². The Balaban J connectivity index is 1.64. The molecule has 0 atom stereocenters. The first-order valence-electron chi connectivity index (χ1n) is 10.6. The van der Waals surface area contributed by atoms with Crippen molar-refractivity contribution in [1.82, 2.24) is 14.8 Å². The van der Waals surface area contributed by atoms with Crippen LogP contribution in [0.1, 0.15) is 11.1 Å². The van der Waals surface area contributed by atoms with Gasteiger partial charge in [-0.05, 0) is 54.1 Å². The lowest BCUT2D eigenvalue weighted by molar-refractivity contribution is -0.137. The maximum absolute atomic E-state index is 13.2. The fourth-order valence-corrected chi connectivity index (χ4v) is 3.27. The highest BCUT2D eigenvalue weighted by Crippen LogP contribution is 2.31. The van der Waals surface area contributed by atoms with Crippen LogP contribution in [0.15, 0.2) is 72.8 Å². The minimum absolute atomic E-state index is 0.0216. The summed E-state index contributed by atoms with van der Waals surface area (Å²) in [5.41, 5.74) is 1.31. The van der Waals surface area contributed by atoms with Crippen molar-refractivity contribution in [3.05, 3.63) is 89.7 Å². The molecular formula is C25H20F4N4O3. The van der Waals surface area contributed by atoms with Crippen molar-refractivity contribution in [3.63, 3.8) is 0 Å². The van der Waals surface area contributed by atoms with Crippen LogP contribution < -0.4 is 10.1 Å². The van der Waals surface area contributed by atoms with Crippen molar-refractivity contribution in [2.75, 3.05) is 19.0 Å². The van der Waals surface area contributed by atoms with Crippen LogP contribution in [-0.4, -0.2) is 34.4 Å². The molecule has 1 N–H and O–H groups in total. The summed E-state index contributed by atoms with van der Waals surface area (Å²) in [6.07, 6.45) is -4.47. The molecule has 1 amide bonds. The van der Waals surface area contributed by atoms with Crippen LogP contribution in [0.25, 0.3) is 17.1 Å². The first-order valence-corrected chi connectivity index (χ1v) is 10.6. The van der Waals surface area contributed by atoms with Crippen molar-refractivity contribution in [1.29, 1.82) is 0 Å². The number of anilines is 1. The van der Waals surface area contributed by atoms with Crippen LogP contribution in [0.2, 0.25) is 0 Å². The van der Waals surface area contributed by atoms with Crippen molar-refractivity contribution in [3.8, 4) is 23.1 Å². The standard InChI is InChI=1S/C25H20F4N4O3/c1-35-15-22(34)30-20-10-12-21(13-11-20)33-23(17-4-6-18(7-5-17)25(27,28)29)31-24(32-33)36-14-16-2-8-19(26)9-3-16/h2-13H,14-15H2,1H3,(H,30,34). The maximum Gasteiger partial charge on any atom is 0.416 e. The van der Waals surface area contributed by atoms with E-state index in [0.29, 0.717) is 22.5 Å². The number of hydrogen-bond donors (Lipinski definition) is 1.